The van der Waals surface area contributed by atoms with E-state index in [1.807, 2.05) is 6.92 Å². The molecule has 1 heterocycles. The first-order chi connectivity index (χ1) is 11.9. The normalized spacial score (nSPS) is 11.6. The molecule has 2 rings (SSSR count). The van der Waals surface area contributed by atoms with E-state index >= 15 is 0 Å². The van der Waals surface area contributed by atoms with Crippen LogP contribution in [-0.4, -0.2) is 24.2 Å². The van der Waals surface area contributed by atoms with Crippen molar-refractivity contribution in [1.82, 2.24) is 4.98 Å². The van der Waals surface area contributed by atoms with Crippen LogP contribution >= 0.6 is 0 Å². The van der Waals surface area contributed by atoms with Crippen LogP contribution in [0.2, 0.25) is 0 Å². The molecule has 0 saturated carbocycles. The third kappa shape index (κ3) is 4.84. The first-order valence-corrected chi connectivity index (χ1v) is 8.18. The van der Waals surface area contributed by atoms with E-state index < -0.39 is 17.7 Å². The van der Waals surface area contributed by atoms with Crippen molar-refractivity contribution in [3.63, 3.8) is 0 Å². The van der Waals surface area contributed by atoms with Crippen molar-refractivity contribution in [2.75, 3.05) is 13.2 Å². The van der Waals surface area contributed by atoms with Crippen LogP contribution in [0.5, 0.6) is 5.88 Å². The molecule has 25 heavy (non-hydrogen) atoms. The second kappa shape index (κ2) is 8.18. The highest BCUT2D eigenvalue weighted by molar-refractivity contribution is 5.96. The number of carbonyl (C=O) groups excluding carboxylic acids is 1. The number of carbonyl (C=O) groups is 1. The average Bonchev–Trinajstić information content (AvgIpc) is 2.57. The van der Waals surface area contributed by atoms with Crippen LogP contribution in [0.4, 0.5) is 13.2 Å². The van der Waals surface area contributed by atoms with Gasteiger partial charge in [-0.2, -0.15) is 13.2 Å². The molecular formula is C18H20F3NO3. The summed E-state index contributed by atoms with van der Waals surface area (Å²) in [5.74, 6) is -0.608. The molecule has 0 unspecified atom stereocenters. The SMILES string of the molecule is CCCCCOc1nc2cc(C(F)(F)F)ccc2cc1C(=O)OCC. The average molecular weight is 355 g/mol. The first-order valence-electron chi connectivity index (χ1n) is 8.18. The number of alkyl halides is 3. The van der Waals surface area contributed by atoms with E-state index in [1.54, 1.807) is 6.92 Å². The van der Waals surface area contributed by atoms with E-state index in [0.29, 0.717) is 12.0 Å². The molecule has 1 aromatic heterocycles. The van der Waals surface area contributed by atoms with Crippen LogP contribution in [-0.2, 0) is 10.9 Å². The Labute approximate surface area is 144 Å². The molecule has 0 amide bonds. The molecule has 0 radical (unpaired) electrons. The van der Waals surface area contributed by atoms with Crippen LogP contribution in [0.25, 0.3) is 10.9 Å². The molecule has 0 atom stereocenters. The van der Waals surface area contributed by atoms with Crippen LogP contribution < -0.4 is 4.74 Å². The van der Waals surface area contributed by atoms with E-state index in [9.17, 15) is 18.0 Å². The maximum Gasteiger partial charge on any atom is 0.416 e. The van der Waals surface area contributed by atoms with Gasteiger partial charge in [0.1, 0.15) is 5.56 Å². The number of hydrogen-bond donors (Lipinski definition) is 0. The van der Waals surface area contributed by atoms with Crippen molar-refractivity contribution in [3.05, 3.63) is 35.4 Å². The minimum Gasteiger partial charge on any atom is -0.477 e. The molecule has 7 heteroatoms. The van der Waals surface area contributed by atoms with E-state index in [0.717, 1.165) is 31.4 Å². The van der Waals surface area contributed by atoms with E-state index in [-0.39, 0.29) is 23.6 Å². The van der Waals surface area contributed by atoms with Gasteiger partial charge in [0, 0.05) is 5.39 Å². The summed E-state index contributed by atoms with van der Waals surface area (Å²) in [6, 6.07) is 4.65. The van der Waals surface area contributed by atoms with Gasteiger partial charge < -0.3 is 9.47 Å². The van der Waals surface area contributed by atoms with Gasteiger partial charge in [-0.15, -0.1) is 0 Å². The highest BCUT2D eigenvalue weighted by Crippen LogP contribution is 2.32. The third-order valence-electron chi connectivity index (χ3n) is 3.59. The fourth-order valence-corrected chi connectivity index (χ4v) is 2.31. The zero-order valence-corrected chi connectivity index (χ0v) is 14.2. The summed E-state index contributed by atoms with van der Waals surface area (Å²) in [5.41, 5.74) is -0.563. The Bertz CT molecular complexity index is 744. The predicted molar refractivity (Wildman–Crippen MR) is 87.7 cm³/mol. The number of nitrogens with zero attached hydrogens (tertiary/aromatic N) is 1. The Kier molecular flexibility index (Phi) is 6.22. The van der Waals surface area contributed by atoms with Crippen LogP contribution in [0, 0.1) is 0 Å². The number of pyridine rings is 1. The van der Waals surface area contributed by atoms with Gasteiger partial charge in [0.15, 0.2) is 0 Å². The number of hydrogen-bond acceptors (Lipinski definition) is 4. The molecule has 0 spiro atoms. The highest BCUT2D eigenvalue weighted by atomic mass is 19.4. The lowest BCUT2D eigenvalue weighted by molar-refractivity contribution is -0.137. The Morgan fingerprint density at radius 3 is 2.56 bits per heavy atom. The third-order valence-corrected chi connectivity index (χ3v) is 3.59. The summed E-state index contributed by atoms with van der Waals surface area (Å²) < 4.78 is 49.2. The van der Waals surface area contributed by atoms with Crippen LogP contribution in [0.15, 0.2) is 24.3 Å². The lowest BCUT2D eigenvalue weighted by Gasteiger charge is -2.12. The van der Waals surface area contributed by atoms with Gasteiger partial charge in [-0.1, -0.05) is 25.8 Å². The maximum atomic E-state index is 12.9. The second-order valence-electron chi connectivity index (χ2n) is 5.52. The smallest absolute Gasteiger partial charge is 0.416 e. The summed E-state index contributed by atoms with van der Waals surface area (Å²) in [4.78, 5) is 16.2. The van der Waals surface area contributed by atoms with Crippen molar-refractivity contribution in [2.24, 2.45) is 0 Å². The zero-order valence-electron chi connectivity index (χ0n) is 14.2. The van der Waals surface area contributed by atoms with Crippen molar-refractivity contribution in [2.45, 2.75) is 39.3 Å². The number of ether oxygens (including phenoxy) is 2. The van der Waals surface area contributed by atoms with Gasteiger partial charge in [-0.25, -0.2) is 9.78 Å². The standard InChI is InChI=1S/C18H20F3NO3/c1-3-5-6-9-25-16-14(17(23)24-4-2)10-12-7-8-13(18(19,20)21)11-15(12)22-16/h7-8,10-11H,3-6,9H2,1-2H3. The Morgan fingerprint density at radius 2 is 1.92 bits per heavy atom. The van der Waals surface area contributed by atoms with Crippen molar-refractivity contribution in [3.8, 4) is 5.88 Å². The Morgan fingerprint density at radius 1 is 1.16 bits per heavy atom. The van der Waals surface area contributed by atoms with E-state index in [2.05, 4.69) is 4.98 Å². The number of unbranched alkanes of at least 4 members (excludes halogenated alkanes) is 2. The Balaban J connectivity index is 2.43. The minimum absolute atomic E-state index is 0.00128. The van der Waals surface area contributed by atoms with Gasteiger partial charge in [0.2, 0.25) is 5.88 Å². The fourth-order valence-electron chi connectivity index (χ4n) is 2.31. The second-order valence-corrected chi connectivity index (χ2v) is 5.52. The minimum atomic E-state index is -4.46. The molecule has 0 aliphatic carbocycles. The number of esters is 1. The van der Waals surface area contributed by atoms with Gasteiger partial charge in [0.05, 0.1) is 24.3 Å². The molecule has 0 aliphatic rings. The van der Waals surface area contributed by atoms with E-state index in [1.165, 1.54) is 12.1 Å². The number of fused-ring (bicyclic) bond motifs is 1. The van der Waals surface area contributed by atoms with Gasteiger partial charge in [-0.3, -0.25) is 0 Å². The van der Waals surface area contributed by atoms with E-state index in [4.69, 9.17) is 9.47 Å². The topological polar surface area (TPSA) is 48.4 Å². The first kappa shape index (κ1) is 19.0. The molecule has 4 nitrogen and oxygen atoms in total. The molecular weight excluding hydrogens is 335 g/mol. The van der Waals surface area contributed by atoms with Crippen LogP contribution in [0.3, 0.4) is 0 Å². The van der Waals surface area contributed by atoms with Gasteiger partial charge in [0.25, 0.3) is 0 Å². The Hall–Kier alpha value is -2.31. The number of rotatable bonds is 7. The van der Waals surface area contributed by atoms with Crippen LogP contribution in [0.1, 0.15) is 49.0 Å². The molecule has 136 valence electrons. The summed E-state index contributed by atoms with van der Waals surface area (Å²) >= 11 is 0. The van der Waals surface area contributed by atoms with Gasteiger partial charge in [-0.05, 0) is 31.5 Å². The largest absolute Gasteiger partial charge is 0.477 e. The summed E-state index contributed by atoms with van der Waals surface area (Å²) in [6.07, 6.45) is -1.76. The zero-order chi connectivity index (χ0) is 18.4. The number of aromatic nitrogens is 1. The fraction of sp³-hybridized carbons (Fsp3) is 0.444. The molecule has 0 bridgehead atoms. The summed E-state index contributed by atoms with van der Waals surface area (Å²) in [6.45, 7) is 4.22. The van der Waals surface area contributed by atoms with Crippen molar-refractivity contribution < 1.29 is 27.4 Å². The lowest BCUT2D eigenvalue weighted by atomic mass is 10.1. The quantitative estimate of drug-likeness (QED) is 0.518. The summed E-state index contributed by atoms with van der Waals surface area (Å²) in [7, 11) is 0. The monoisotopic (exact) mass is 355 g/mol. The highest BCUT2D eigenvalue weighted by Gasteiger charge is 2.31. The molecule has 0 N–H and O–H groups in total. The lowest BCUT2D eigenvalue weighted by Crippen LogP contribution is -2.11. The number of benzene rings is 1. The molecule has 0 fully saturated rings. The molecule has 0 aliphatic heterocycles. The number of halogens is 3. The van der Waals surface area contributed by atoms with Gasteiger partial charge >= 0.3 is 12.1 Å². The van der Waals surface area contributed by atoms with Crippen molar-refractivity contribution >= 4 is 16.9 Å². The summed E-state index contributed by atoms with van der Waals surface area (Å²) in [5, 5.41) is 0.414. The molecule has 0 saturated heterocycles. The molecule has 2 aromatic rings. The predicted octanol–water partition coefficient (Wildman–Crippen LogP) is 5.00. The van der Waals surface area contributed by atoms with Crippen molar-refractivity contribution in [1.29, 1.82) is 0 Å². The molecule has 1 aromatic carbocycles. The maximum absolute atomic E-state index is 12.9.